The van der Waals surface area contributed by atoms with Gasteiger partial charge in [-0.1, -0.05) is 48.9 Å². The fourth-order valence-corrected chi connectivity index (χ4v) is 5.24. The van der Waals surface area contributed by atoms with Gasteiger partial charge in [0.25, 0.3) is 0 Å². The predicted octanol–water partition coefficient (Wildman–Crippen LogP) is 5.26. The summed E-state index contributed by atoms with van der Waals surface area (Å²) in [6.45, 7) is 2.57. The average Bonchev–Trinajstić information content (AvgIpc) is 3.04. The van der Waals surface area contributed by atoms with Gasteiger partial charge in [-0.05, 0) is 61.5 Å². The Morgan fingerprint density at radius 2 is 1.67 bits per heavy atom. The van der Waals surface area contributed by atoms with Crippen LogP contribution < -0.4 is 5.32 Å². The summed E-state index contributed by atoms with van der Waals surface area (Å²) in [4.78, 5) is 2.76. The lowest BCUT2D eigenvalue weighted by atomic mass is 9.76. The Morgan fingerprint density at radius 3 is 2.50 bits per heavy atom. The van der Waals surface area contributed by atoms with E-state index in [9.17, 15) is 0 Å². The van der Waals surface area contributed by atoms with Crippen LogP contribution in [0.4, 0.5) is 5.69 Å². The van der Waals surface area contributed by atoms with Crippen molar-refractivity contribution in [3.8, 4) is 0 Å². The van der Waals surface area contributed by atoms with Gasteiger partial charge in [-0.15, -0.1) is 0 Å². The first-order valence-electron chi connectivity index (χ1n) is 9.60. The minimum absolute atomic E-state index is 0.449. The minimum Gasteiger partial charge on any atom is -0.377 e. The molecule has 1 aliphatic carbocycles. The maximum Gasteiger partial charge on any atom is 0.0583 e. The first kappa shape index (κ1) is 14.5. The topological polar surface area (TPSA) is 15.3 Å². The van der Waals surface area contributed by atoms with Crippen molar-refractivity contribution in [1.82, 2.24) is 4.90 Å². The number of nitrogens with zero attached hydrogens (tertiary/aromatic N) is 1. The van der Waals surface area contributed by atoms with Gasteiger partial charge in [0, 0.05) is 17.6 Å². The van der Waals surface area contributed by atoms with E-state index in [0.29, 0.717) is 18.0 Å². The van der Waals surface area contributed by atoms with Crippen molar-refractivity contribution < 1.29 is 0 Å². The zero-order valence-corrected chi connectivity index (χ0v) is 14.2. The summed E-state index contributed by atoms with van der Waals surface area (Å²) < 4.78 is 0. The molecule has 24 heavy (non-hydrogen) atoms. The smallest absolute Gasteiger partial charge is 0.0583 e. The summed E-state index contributed by atoms with van der Waals surface area (Å²) in [5.74, 6) is 0.639. The first-order valence-corrected chi connectivity index (χ1v) is 9.60. The van der Waals surface area contributed by atoms with Gasteiger partial charge in [0.2, 0.25) is 0 Å². The van der Waals surface area contributed by atoms with Gasteiger partial charge in [0.15, 0.2) is 0 Å². The van der Waals surface area contributed by atoms with Crippen LogP contribution in [0.25, 0.3) is 0 Å². The fraction of sp³-hybridized carbons (Fsp3) is 0.455. The lowest BCUT2D eigenvalue weighted by molar-refractivity contribution is 0.144. The van der Waals surface area contributed by atoms with Crippen LogP contribution in [0.5, 0.6) is 0 Å². The number of piperidine rings is 1. The van der Waals surface area contributed by atoms with Gasteiger partial charge in [0.1, 0.15) is 0 Å². The largest absolute Gasteiger partial charge is 0.377 e. The number of nitrogens with one attached hydrogen (secondary N) is 1. The highest BCUT2D eigenvalue weighted by Crippen LogP contribution is 2.54. The van der Waals surface area contributed by atoms with E-state index in [1.54, 1.807) is 11.1 Å². The molecule has 2 aromatic rings. The van der Waals surface area contributed by atoms with Crippen molar-refractivity contribution in [2.24, 2.45) is 0 Å². The predicted molar refractivity (Wildman–Crippen MR) is 99.4 cm³/mol. The molecule has 0 spiro atoms. The molecule has 2 nitrogen and oxygen atoms in total. The number of likely N-dealkylation sites (tertiary alicyclic amines) is 1. The summed E-state index contributed by atoms with van der Waals surface area (Å²) in [6, 6.07) is 19.0. The van der Waals surface area contributed by atoms with Crippen molar-refractivity contribution in [3.63, 3.8) is 0 Å². The van der Waals surface area contributed by atoms with Crippen LogP contribution in [0.3, 0.4) is 0 Å². The molecule has 0 radical (unpaired) electrons. The van der Waals surface area contributed by atoms with Crippen molar-refractivity contribution in [2.45, 2.75) is 50.1 Å². The van der Waals surface area contributed by atoms with E-state index in [2.05, 4.69) is 58.7 Å². The van der Waals surface area contributed by atoms with E-state index in [4.69, 9.17) is 0 Å². The van der Waals surface area contributed by atoms with E-state index in [-0.39, 0.29) is 0 Å². The molecule has 3 aliphatic rings. The summed E-state index contributed by atoms with van der Waals surface area (Å²) in [7, 11) is 0. The zero-order valence-electron chi connectivity index (χ0n) is 14.2. The highest BCUT2D eigenvalue weighted by atomic mass is 15.2. The van der Waals surface area contributed by atoms with Crippen LogP contribution in [0.15, 0.2) is 48.5 Å². The molecule has 124 valence electrons. The molecule has 2 aromatic carbocycles. The van der Waals surface area contributed by atoms with Gasteiger partial charge >= 0.3 is 0 Å². The molecule has 0 aromatic heterocycles. The highest BCUT2D eigenvalue weighted by molar-refractivity contribution is 5.65. The molecule has 2 heteroatoms. The van der Waals surface area contributed by atoms with Crippen molar-refractivity contribution in [2.75, 3.05) is 18.4 Å². The molecule has 1 saturated heterocycles. The van der Waals surface area contributed by atoms with E-state index >= 15 is 0 Å². The summed E-state index contributed by atoms with van der Waals surface area (Å²) in [5, 5.41) is 3.84. The monoisotopic (exact) mass is 318 g/mol. The van der Waals surface area contributed by atoms with Crippen LogP contribution >= 0.6 is 0 Å². The lowest BCUT2D eigenvalue weighted by Gasteiger charge is -2.40. The van der Waals surface area contributed by atoms with E-state index in [1.165, 1.54) is 56.4 Å². The van der Waals surface area contributed by atoms with E-state index in [0.717, 1.165) is 0 Å². The van der Waals surface area contributed by atoms with Gasteiger partial charge < -0.3 is 5.32 Å². The van der Waals surface area contributed by atoms with Crippen LogP contribution in [-0.4, -0.2) is 18.0 Å². The summed E-state index contributed by atoms with van der Waals surface area (Å²) >= 11 is 0. The summed E-state index contributed by atoms with van der Waals surface area (Å²) in [6.07, 6.45) is 6.78. The molecule has 3 unspecified atom stereocenters. The third-order valence-electron chi connectivity index (χ3n) is 6.32. The second kappa shape index (κ2) is 5.93. The van der Waals surface area contributed by atoms with Crippen LogP contribution in [0, 0.1) is 0 Å². The molecular weight excluding hydrogens is 292 g/mol. The fourth-order valence-electron chi connectivity index (χ4n) is 5.24. The zero-order chi connectivity index (χ0) is 15.9. The number of benzene rings is 2. The summed E-state index contributed by atoms with van der Waals surface area (Å²) in [5.41, 5.74) is 6.04. The SMILES string of the molecule is c1ccc(C2Nc3cccc4c3C2CCC4N2CCCCC2)cc1. The number of anilines is 1. The Balaban J connectivity index is 1.52. The third-order valence-corrected chi connectivity index (χ3v) is 6.32. The second-order valence-electron chi connectivity index (χ2n) is 7.64. The number of rotatable bonds is 2. The Labute approximate surface area is 144 Å². The molecule has 1 fully saturated rings. The lowest BCUT2D eigenvalue weighted by Crippen LogP contribution is -2.36. The maximum absolute atomic E-state index is 3.84. The van der Waals surface area contributed by atoms with E-state index < -0.39 is 0 Å². The molecule has 3 atom stereocenters. The highest BCUT2D eigenvalue weighted by Gasteiger charge is 2.40. The molecule has 2 heterocycles. The second-order valence-corrected chi connectivity index (χ2v) is 7.64. The van der Waals surface area contributed by atoms with Crippen LogP contribution in [0.1, 0.15) is 66.8 Å². The average molecular weight is 318 g/mol. The Kier molecular flexibility index (Phi) is 3.59. The minimum atomic E-state index is 0.449. The van der Waals surface area contributed by atoms with Crippen LogP contribution in [-0.2, 0) is 0 Å². The van der Waals surface area contributed by atoms with Crippen molar-refractivity contribution >= 4 is 5.69 Å². The number of hydrogen-bond donors (Lipinski definition) is 1. The van der Waals surface area contributed by atoms with Gasteiger partial charge in [0.05, 0.1) is 6.04 Å². The molecule has 5 rings (SSSR count). The quantitative estimate of drug-likeness (QED) is 0.812. The van der Waals surface area contributed by atoms with Crippen molar-refractivity contribution in [1.29, 1.82) is 0 Å². The normalized spacial score (nSPS) is 29.1. The third kappa shape index (κ3) is 2.28. The number of hydrogen-bond acceptors (Lipinski definition) is 2. The standard InChI is InChI=1S/C22H26N2/c1-3-8-16(9-4-1)22-18-12-13-20(24-14-5-2-6-15-24)17-10-7-11-19(23-22)21(17)18/h1,3-4,7-11,18,20,22-23H,2,5-6,12-15H2. The maximum atomic E-state index is 3.84. The Bertz CT molecular complexity index is 718. The van der Waals surface area contributed by atoms with Gasteiger partial charge in [-0.25, -0.2) is 0 Å². The molecule has 2 aliphatic heterocycles. The molecule has 0 amide bonds. The van der Waals surface area contributed by atoms with E-state index in [1.807, 2.05) is 0 Å². The molecule has 0 bridgehead atoms. The van der Waals surface area contributed by atoms with Gasteiger partial charge in [-0.2, -0.15) is 0 Å². The van der Waals surface area contributed by atoms with Crippen molar-refractivity contribution in [3.05, 3.63) is 65.2 Å². The molecule has 1 N–H and O–H groups in total. The Hall–Kier alpha value is -1.80. The van der Waals surface area contributed by atoms with Gasteiger partial charge in [-0.3, -0.25) is 4.90 Å². The molecular formula is C22H26N2. The molecule has 0 saturated carbocycles. The van der Waals surface area contributed by atoms with Crippen LogP contribution in [0.2, 0.25) is 0 Å². The first-order chi connectivity index (χ1) is 11.9. The Morgan fingerprint density at radius 1 is 0.833 bits per heavy atom.